The molecule has 2 aromatic carbocycles. The van der Waals surface area contributed by atoms with Gasteiger partial charge < -0.3 is 9.67 Å². The summed E-state index contributed by atoms with van der Waals surface area (Å²) in [7, 11) is 0. The molecule has 2 aromatic heterocycles. The number of aliphatic carboxylic acids is 1. The van der Waals surface area contributed by atoms with Gasteiger partial charge in [0.05, 0.1) is 11.0 Å². The molecular weight excluding hydrogens is 380 g/mol. The monoisotopic (exact) mass is 404 g/mol. The number of nitrogens with zero attached hydrogens (tertiary/aromatic N) is 5. The summed E-state index contributed by atoms with van der Waals surface area (Å²) in [5.74, 6) is 0.718. The Labute approximate surface area is 174 Å². The predicted octanol–water partition coefficient (Wildman–Crippen LogP) is 4.31. The molecule has 2 N–H and O–H groups in total. The molecule has 154 valence electrons. The number of hydrogen-bond donors (Lipinski definition) is 2. The second-order valence-corrected chi connectivity index (χ2v) is 7.27. The van der Waals surface area contributed by atoms with Crippen LogP contribution in [0, 0.1) is 0 Å². The Hall–Kier alpha value is -3.55. The third kappa shape index (κ3) is 4.37. The Bertz CT molecular complexity index is 1120. The van der Waals surface area contributed by atoms with Gasteiger partial charge in [0.2, 0.25) is 5.82 Å². The van der Waals surface area contributed by atoms with Crippen molar-refractivity contribution in [1.82, 2.24) is 30.2 Å². The van der Waals surface area contributed by atoms with E-state index in [0.29, 0.717) is 5.82 Å². The van der Waals surface area contributed by atoms with Gasteiger partial charge in [-0.1, -0.05) is 55.7 Å². The molecule has 2 heterocycles. The lowest BCUT2D eigenvalue weighted by atomic mass is 10.1. The number of imidazole rings is 1. The number of benzene rings is 2. The van der Waals surface area contributed by atoms with Crippen molar-refractivity contribution in [1.29, 1.82) is 0 Å². The zero-order chi connectivity index (χ0) is 20.8. The Balaban J connectivity index is 1.57. The van der Waals surface area contributed by atoms with Crippen molar-refractivity contribution in [3.05, 3.63) is 48.5 Å². The number of H-pyrrole nitrogens is 1. The normalized spacial score (nSPS) is 11.2. The molecule has 0 spiro atoms. The minimum absolute atomic E-state index is 0.253. The average Bonchev–Trinajstić information content (AvgIpc) is 3.41. The topological polar surface area (TPSA) is 110 Å². The Morgan fingerprint density at radius 3 is 2.47 bits per heavy atom. The lowest BCUT2D eigenvalue weighted by molar-refractivity contribution is -0.137. The Kier molecular flexibility index (Phi) is 6.12. The van der Waals surface area contributed by atoms with Crippen LogP contribution in [0.25, 0.3) is 33.8 Å². The smallest absolute Gasteiger partial charge is 0.303 e. The highest BCUT2D eigenvalue weighted by molar-refractivity contribution is 5.85. The number of tetrazole rings is 1. The van der Waals surface area contributed by atoms with Crippen LogP contribution in [-0.2, 0) is 11.3 Å². The number of rotatable bonds is 10. The van der Waals surface area contributed by atoms with Gasteiger partial charge in [-0.25, -0.2) is 4.98 Å². The maximum absolute atomic E-state index is 10.6. The van der Waals surface area contributed by atoms with Gasteiger partial charge in [0, 0.05) is 24.1 Å². The quantitative estimate of drug-likeness (QED) is 0.381. The van der Waals surface area contributed by atoms with Crippen molar-refractivity contribution in [2.45, 2.75) is 45.1 Å². The number of carboxylic acids is 1. The molecular formula is C22H24N6O2. The van der Waals surface area contributed by atoms with E-state index in [2.05, 4.69) is 31.3 Å². The van der Waals surface area contributed by atoms with Crippen LogP contribution >= 0.6 is 0 Å². The summed E-state index contributed by atoms with van der Waals surface area (Å²) in [5.41, 5.74) is 3.91. The largest absolute Gasteiger partial charge is 0.481 e. The average molecular weight is 404 g/mol. The van der Waals surface area contributed by atoms with Gasteiger partial charge in [-0.15, -0.1) is 10.2 Å². The molecule has 0 aliphatic rings. The molecule has 8 heteroatoms. The highest BCUT2D eigenvalue weighted by atomic mass is 16.4. The zero-order valence-electron chi connectivity index (χ0n) is 16.7. The number of carboxylic acid groups (broad SMARTS) is 1. The van der Waals surface area contributed by atoms with Crippen LogP contribution in [0.15, 0.2) is 48.5 Å². The lowest BCUT2D eigenvalue weighted by Gasteiger charge is -2.11. The highest BCUT2D eigenvalue weighted by Crippen LogP contribution is 2.32. The van der Waals surface area contributed by atoms with Gasteiger partial charge in [0.15, 0.2) is 0 Å². The molecule has 0 saturated heterocycles. The molecule has 0 fully saturated rings. The molecule has 0 bridgehead atoms. The second kappa shape index (κ2) is 9.30. The number of nitrogens with one attached hydrogen (secondary N) is 1. The van der Waals surface area contributed by atoms with Crippen LogP contribution in [0.1, 0.15) is 38.5 Å². The molecule has 0 amide bonds. The van der Waals surface area contributed by atoms with Gasteiger partial charge in [-0.3, -0.25) is 4.79 Å². The maximum atomic E-state index is 10.6. The first-order chi connectivity index (χ1) is 14.7. The van der Waals surface area contributed by atoms with Crippen molar-refractivity contribution in [3.63, 3.8) is 0 Å². The third-order valence-electron chi connectivity index (χ3n) is 5.18. The van der Waals surface area contributed by atoms with E-state index < -0.39 is 5.97 Å². The van der Waals surface area contributed by atoms with Gasteiger partial charge >= 0.3 is 5.97 Å². The molecule has 4 rings (SSSR count). The van der Waals surface area contributed by atoms with Crippen LogP contribution in [0.5, 0.6) is 0 Å². The van der Waals surface area contributed by atoms with Crippen molar-refractivity contribution in [2.75, 3.05) is 0 Å². The van der Waals surface area contributed by atoms with E-state index >= 15 is 0 Å². The molecule has 30 heavy (non-hydrogen) atoms. The highest BCUT2D eigenvalue weighted by Gasteiger charge is 2.17. The third-order valence-corrected chi connectivity index (χ3v) is 5.18. The van der Waals surface area contributed by atoms with E-state index in [0.717, 1.165) is 66.6 Å². The Morgan fingerprint density at radius 1 is 0.933 bits per heavy atom. The number of hydrogen-bond acceptors (Lipinski definition) is 5. The van der Waals surface area contributed by atoms with Crippen LogP contribution < -0.4 is 0 Å². The first-order valence-electron chi connectivity index (χ1n) is 10.2. The lowest BCUT2D eigenvalue weighted by Crippen LogP contribution is -2.02. The predicted molar refractivity (Wildman–Crippen MR) is 114 cm³/mol. The van der Waals surface area contributed by atoms with Crippen molar-refractivity contribution >= 4 is 17.0 Å². The minimum atomic E-state index is -0.718. The fourth-order valence-electron chi connectivity index (χ4n) is 3.73. The molecule has 0 radical (unpaired) electrons. The zero-order valence-corrected chi connectivity index (χ0v) is 16.7. The molecule has 8 nitrogen and oxygen atoms in total. The summed E-state index contributed by atoms with van der Waals surface area (Å²) in [6, 6.07) is 16.1. The fourth-order valence-corrected chi connectivity index (χ4v) is 3.73. The summed E-state index contributed by atoms with van der Waals surface area (Å²) in [6.07, 6.45) is 5.04. The number of aryl methyl sites for hydroxylation is 1. The number of fused-ring (bicyclic) bond motifs is 1. The van der Waals surface area contributed by atoms with Crippen molar-refractivity contribution in [2.24, 2.45) is 0 Å². The summed E-state index contributed by atoms with van der Waals surface area (Å²) in [6.45, 7) is 0.843. The van der Waals surface area contributed by atoms with Crippen LogP contribution in [0.4, 0.5) is 0 Å². The summed E-state index contributed by atoms with van der Waals surface area (Å²) in [5, 5.41) is 23.3. The molecule has 4 aromatic rings. The standard InChI is InChI=1S/C22H24N6O2/c29-20(30)14-4-2-1-3-9-15-28-19-13-8-7-12-18(19)23-22(28)17-11-6-5-10-16(17)21-24-26-27-25-21/h5-8,10-13H,1-4,9,14-15H2,(H,29,30)(H,24,25,26,27). The summed E-state index contributed by atoms with van der Waals surface area (Å²) in [4.78, 5) is 15.5. The maximum Gasteiger partial charge on any atom is 0.303 e. The van der Waals surface area contributed by atoms with Crippen molar-refractivity contribution in [3.8, 4) is 22.8 Å². The van der Waals surface area contributed by atoms with Crippen LogP contribution in [-0.4, -0.2) is 41.3 Å². The minimum Gasteiger partial charge on any atom is -0.481 e. The van der Waals surface area contributed by atoms with E-state index in [-0.39, 0.29) is 6.42 Å². The number of aromatic nitrogens is 6. The fraction of sp³-hybridized carbons (Fsp3) is 0.318. The van der Waals surface area contributed by atoms with E-state index in [4.69, 9.17) is 10.1 Å². The number of unbranched alkanes of at least 4 members (excludes halogenated alkanes) is 4. The van der Waals surface area contributed by atoms with E-state index in [1.54, 1.807) is 0 Å². The molecule has 0 aliphatic heterocycles. The number of para-hydroxylation sites is 2. The first kappa shape index (κ1) is 19.8. The first-order valence-corrected chi connectivity index (χ1v) is 10.2. The van der Waals surface area contributed by atoms with Crippen molar-refractivity contribution < 1.29 is 9.90 Å². The molecule has 0 aliphatic carbocycles. The van der Waals surface area contributed by atoms with E-state index in [9.17, 15) is 4.79 Å². The van der Waals surface area contributed by atoms with Gasteiger partial charge in [0.1, 0.15) is 5.82 Å². The van der Waals surface area contributed by atoms with E-state index in [1.165, 1.54) is 0 Å². The van der Waals surface area contributed by atoms with Gasteiger partial charge in [-0.2, -0.15) is 5.21 Å². The van der Waals surface area contributed by atoms with Gasteiger partial charge in [0.25, 0.3) is 0 Å². The van der Waals surface area contributed by atoms with E-state index in [1.807, 2.05) is 42.5 Å². The number of carbonyl (C=O) groups is 1. The van der Waals surface area contributed by atoms with Crippen LogP contribution in [0.2, 0.25) is 0 Å². The molecule has 0 atom stereocenters. The molecule has 0 unspecified atom stereocenters. The van der Waals surface area contributed by atoms with Crippen LogP contribution in [0.3, 0.4) is 0 Å². The molecule has 0 saturated carbocycles. The summed E-state index contributed by atoms with van der Waals surface area (Å²) >= 11 is 0. The SMILES string of the molecule is O=C(O)CCCCCCCn1c(-c2ccccc2-c2nn[nH]n2)nc2ccccc21. The number of aromatic amines is 1. The second-order valence-electron chi connectivity index (χ2n) is 7.27. The van der Waals surface area contributed by atoms with Gasteiger partial charge in [-0.05, 0) is 30.2 Å². The Morgan fingerprint density at radius 2 is 1.67 bits per heavy atom. The summed E-state index contributed by atoms with van der Waals surface area (Å²) < 4.78 is 2.26.